The SMILES string of the molecule is C.CC(C)c1cnc(-c2cc(Cl)ccc2F)nc1Nc1ccncc1C(=O)NC1CC1.CC(C)c1cnc(-c2cc(Cl)ccc2F)nc1Nc1ccncc1C(=O)O.NC1CC1. The standard InChI is InChI=1S/C22H21ClFN5O.C19H16ClFN4O2.C3H7N.CH4/c1-12(2)16-11-26-20(15-9-13(23)3-6-18(15)24)29-21(16)28-19-7-8-25-10-17(19)22(30)27-14-4-5-14;1-10(2)13-9-23-17(12-7-11(20)3-4-15(12)21)25-18(13)24-16-5-6-22-8-14(16)19(26)27;4-3-1-2-3;/h3,6-12,14H,4-5H2,1-2H3,(H,27,30)(H,25,26,28,29);3-10H,1-2H3,(H,26,27)(H,22,23,24,25);3H,1-2,4H2;1H4. The van der Waals surface area contributed by atoms with Crippen LogP contribution in [0.15, 0.2) is 85.7 Å². The number of carbonyl (C=O) groups excluding carboxylic acids is 1. The molecule has 0 atom stereocenters. The molecule has 324 valence electrons. The van der Waals surface area contributed by atoms with Crippen LogP contribution in [-0.2, 0) is 0 Å². The van der Waals surface area contributed by atoms with Gasteiger partial charge >= 0.3 is 5.97 Å². The molecule has 2 aliphatic rings. The monoisotopic (exact) mass is 884 g/mol. The Morgan fingerprint density at radius 3 is 1.55 bits per heavy atom. The number of hydrogen-bond donors (Lipinski definition) is 5. The number of rotatable bonds is 11. The van der Waals surface area contributed by atoms with Crippen molar-refractivity contribution in [3.63, 3.8) is 0 Å². The number of nitrogens with zero attached hydrogens (tertiary/aromatic N) is 6. The molecule has 4 aromatic heterocycles. The zero-order valence-corrected chi connectivity index (χ0v) is 35.3. The second-order valence-corrected chi connectivity index (χ2v) is 15.9. The Bertz CT molecular complexity index is 2540. The molecule has 1 amide bonds. The van der Waals surface area contributed by atoms with E-state index in [4.69, 9.17) is 28.9 Å². The number of amides is 1. The average molecular weight is 886 g/mol. The Kier molecular flexibility index (Phi) is 15.9. The van der Waals surface area contributed by atoms with Crippen LogP contribution in [0, 0.1) is 11.6 Å². The van der Waals surface area contributed by atoms with Crippen molar-refractivity contribution in [3.8, 4) is 22.8 Å². The Hall–Kier alpha value is -6.16. The summed E-state index contributed by atoms with van der Waals surface area (Å²) in [5, 5.41) is 19.3. The summed E-state index contributed by atoms with van der Waals surface area (Å²) in [4.78, 5) is 49.5. The van der Waals surface area contributed by atoms with Crippen LogP contribution in [0.25, 0.3) is 22.8 Å². The molecule has 2 aliphatic carbocycles. The molecule has 0 saturated heterocycles. The summed E-state index contributed by atoms with van der Waals surface area (Å²) in [6.45, 7) is 7.93. The molecule has 62 heavy (non-hydrogen) atoms. The zero-order chi connectivity index (χ0) is 43.8. The first-order valence-electron chi connectivity index (χ1n) is 19.5. The van der Waals surface area contributed by atoms with Gasteiger partial charge in [-0.2, -0.15) is 0 Å². The normalized spacial score (nSPS) is 12.9. The van der Waals surface area contributed by atoms with E-state index in [1.54, 1.807) is 24.7 Å². The number of halogens is 4. The molecule has 17 heteroatoms. The first-order chi connectivity index (χ1) is 29.2. The lowest BCUT2D eigenvalue weighted by atomic mass is 10.1. The Labute approximate surface area is 369 Å². The highest BCUT2D eigenvalue weighted by atomic mass is 35.5. The summed E-state index contributed by atoms with van der Waals surface area (Å²) in [7, 11) is 0. The molecule has 0 bridgehead atoms. The summed E-state index contributed by atoms with van der Waals surface area (Å²) in [6.07, 6.45) is 13.6. The van der Waals surface area contributed by atoms with Crippen LogP contribution in [0.2, 0.25) is 10.0 Å². The summed E-state index contributed by atoms with van der Waals surface area (Å²) >= 11 is 12.0. The lowest BCUT2D eigenvalue weighted by Gasteiger charge is -2.16. The van der Waals surface area contributed by atoms with Crippen molar-refractivity contribution in [2.24, 2.45) is 5.73 Å². The maximum absolute atomic E-state index is 14.4. The minimum Gasteiger partial charge on any atom is -0.478 e. The first kappa shape index (κ1) is 46.9. The van der Waals surface area contributed by atoms with Gasteiger partial charge in [-0.3, -0.25) is 14.8 Å². The molecular formula is C45H48Cl2F2N10O3. The summed E-state index contributed by atoms with van der Waals surface area (Å²) in [6, 6.07) is 12.5. The van der Waals surface area contributed by atoms with E-state index >= 15 is 0 Å². The van der Waals surface area contributed by atoms with Gasteiger partial charge in [0.2, 0.25) is 0 Å². The van der Waals surface area contributed by atoms with Gasteiger partial charge in [-0.05, 0) is 86.1 Å². The third-order valence-electron chi connectivity index (χ3n) is 9.37. The summed E-state index contributed by atoms with van der Waals surface area (Å²) in [5.74, 6) is -0.857. The lowest BCUT2D eigenvalue weighted by Crippen LogP contribution is -2.26. The van der Waals surface area contributed by atoms with Crippen LogP contribution in [0.1, 0.15) is 104 Å². The van der Waals surface area contributed by atoms with Gasteiger partial charge in [0, 0.05) is 70.4 Å². The van der Waals surface area contributed by atoms with E-state index < -0.39 is 17.6 Å². The van der Waals surface area contributed by atoms with Gasteiger partial charge in [-0.15, -0.1) is 0 Å². The van der Waals surface area contributed by atoms with Crippen molar-refractivity contribution in [2.45, 2.75) is 84.7 Å². The molecule has 8 rings (SSSR count). The topological polar surface area (TPSA) is 194 Å². The zero-order valence-electron chi connectivity index (χ0n) is 33.8. The number of pyridine rings is 2. The first-order valence-corrected chi connectivity index (χ1v) is 20.3. The Balaban J connectivity index is 0.000000212. The van der Waals surface area contributed by atoms with Gasteiger partial charge in [0.05, 0.1) is 28.1 Å². The number of nitrogens with one attached hydrogen (secondary N) is 3. The quantitative estimate of drug-likeness (QED) is 0.0828. The van der Waals surface area contributed by atoms with E-state index in [9.17, 15) is 23.5 Å². The number of aromatic carboxylic acids is 1. The van der Waals surface area contributed by atoms with Gasteiger partial charge < -0.3 is 26.8 Å². The molecule has 2 fully saturated rings. The molecular weight excluding hydrogens is 837 g/mol. The number of carboxylic acids is 1. The van der Waals surface area contributed by atoms with E-state index in [0.29, 0.717) is 44.7 Å². The number of carboxylic acid groups (broad SMARTS) is 1. The maximum Gasteiger partial charge on any atom is 0.339 e. The van der Waals surface area contributed by atoms with Crippen molar-refractivity contribution >= 4 is 58.1 Å². The summed E-state index contributed by atoms with van der Waals surface area (Å²) in [5.41, 5.74) is 8.52. The predicted molar refractivity (Wildman–Crippen MR) is 239 cm³/mol. The molecule has 0 aliphatic heterocycles. The van der Waals surface area contributed by atoms with Crippen LogP contribution < -0.4 is 21.7 Å². The van der Waals surface area contributed by atoms with E-state index in [0.717, 1.165) is 24.0 Å². The van der Waals surface area contributed by atoms with Gasteiger partial charge in [-0.25, -0.2) is 33.5 Å². The molecule has 2 saturated carbocycles. The fourth-order valence-electron chi connectivity index (χ4n) is 5.63. The van der Waals surface area contributed by atoms with E-state index in [2.05, 4.69) is 45.9 Å². The van der Waals surface area contributed by atoms with Crippen molar-refractivity contribution in [1.82, 2.24) is 35.2 Å². The largest absolute Gasteiger partial charge is 0.478 e. The molecule has 13 nitrogen and oxygen atoms in total. The number of nitrogens with two attached hydrogens (primary N) is 1. The number of benzene rings is 2. The van der Waals surface area contributed by atoms with Crippen molar-refractivity contribution in [3.05, 3.63) is 130 Å². The van der Waals surface area contributed by atoms with Gasteiger partial charge in [0.1, 0.15) is 28.8 Å². The van der Waals surface area contributed by atoms with Crippen LogP contribution in [0.3, 0.4) is 0 Å². The smallest absolute Gasteiger partial charge is 0.339 e. The molecule has 0 radical (unpaired) electrons. The second-order valence-electron chi connectivity index (χ2n) is 15.0. The average Bonchev–Trinajstić information content (AvgIpc) is 4.19. The Morgan fingerprint density at radius 2 is 1.15 bits per heavy atom. The van der Waals surface area contributed by atoms with Gasteiger partial charge in [-0.1, -0.05) is 58.3 Å². The summed E-state index contributed by atoms with van der Waals surface area (Å²) < 4.78 is 28.5. The third kappa shape index (κ3) is 12.5. The lowest BCUT2D eigenvalue weighted by molar-refractivity contribution is 0.0697. The number of aromatic nitrogens is 6. The Morgan fingerprint density at radius 1 is 0.710 bits per heavy atom. The fraction of sp³-hybridized carbons (Fsp3) is 0.289. The number of carbonyl (C=O) groups is 2. The van der Waals surface area contributed by atoms with Gasteiger partial charge in [0.25, 0.3) is 5.91 Å². The number of hydrogen-bond acceptors (Lipinski definition) is 11. The fourth-order valence-corrected chi connectivity index (χ4v) is 5.97. The molecule has 2 aromatic carbocycles. The third-order valence-corrected chi connectivity index (χ3v) is 9.84. The predicted octanol–water partition coefficient (Wildman–Crippen LogP) is 10.7. The van der Waals surface area contributed by atoms with Crippen LogP contribution in [0.4, 0.5) is 31.8 Å². The molecule has 0 unspecified atom stereocenters. The minimum absolute atomic E-state index is 0. The van der Waals surface area contributed by atoms with Crippen molar-refractivity contribution < 1.29 is 23.5 Å². The second kappa shape index (κ2) is 21.1. The number of anilines is 4. The molecule has 6 N–H and O–H groups in total. The molecule has 6 aromatic rings. The highest BCUT2D eigenvalue weighted by Gasteiger charge is 2.26. The van der Waals surface area contributed by atoms with Gasteiger partial charge in [0.15, 0.2) is 11.6 Å². The molecule has 4 heterocycles. The highest BCUT2D eigenvalue weighted by Crippen LogP contribution is 2.33. The van der Waals surface area contributed by atoms with E-state index in [1.807, 2.05) is 27.7 Å². The highest BCUT2D eigenvalue weighted by molar-refractivity contribution is 6.31. The van der Waals surface area contributed by atoms with E-state index in [-0.39, 0.29) is 59.6 Å². The van der Waals surface area contributed by atoms with Crippen molar-refractivity contribution in [2.75, 3.05) is 10.6 Å². The van der Waals surface area contributed by atoms with Crippen LogP contribution in [-0.4, -0.2) is 59.0 Å². The maximum atomic E-state index is 14.4. The van der Waals surface area contributed by atoms with Crippen LogP contribution >= 0.6 is 23.2 Å². The van der Waals surface area contributed by atoms with Crippen molar-refractivity contribution in [1.29, 1.82) is 0 Å². The minimum atomic E-state index is -1.12. The molecule has 0 spiro atoms. The van der Waals surface area contributed by atoms with Crippen LogP contribution in [0.5, 0.6) is 0 Å². The van der Waals surface area contributed by atoms with E-state index in [1.165, 1.54) is 73.9 Å².